The van der Waals surface area contributed by atoms with Crippen molar-refractivity contribution >= 4 is 5.91 Å². The van der Waals surface area contributed by atoms with E-state index in [9.17, 15) is 9.90 Å². The van der Waals surface area contributed by atoms with Gasteiger partial charge in [-0.25, -0.2) is 0 Å². The first kappa shape index (κ1) is 12.3. The summed E-state index contributed by atoms with van der Waals surface area (Å²) in [4.78, 5) is 10.7. The van der Waals surface area contributed by atoms with E-state index in [1.165, 1.54) is 14.2 Å². The maximum absolute atomic E-state index is 10.7. The van der Waals surface area contributed by atoms with Gasteiger partial charge in [-0.15, -0.1) is 0 Å². The second kappa shape index (κ2) is 5.37. The summed E-state index contributed by atoms with van der Waals surface area (Å²) in [7, 11) is 3.06. The van der Waals surface area contributed by atoms with Crippen LogP contribution in [-0.4, -0.2) is 31.3 Å². The van der Waals surface area contributed by atoms with Crippen LogP contribution in [0.3, 0.4) is 0 Å². The van der Waals surface area contributed by atoms with Crippen molar-refractivity contribution in [1.29, 1.82) is 0 Å². The standard InChI is InChI=1S/C11H15NO4/c1-15-9-4-3-7(6-10(9)16-2)5-8(13)11(12)14/h3-4,6,8,13H,5H2,1-2H3,(H2,12,14). The van der Waals surface area contributed by atoms with E-state index in [0.717, 1.165) is 5.56 Å². The molecule has 5 nitrogen and oxygen atoms in total. The first-order valence-electron chi connectivity index (χ1n) is 4.76. The van der Waals surface area contributed by atoms with Gasteiger partial charge in [-0.2, -0.15) is 0 Å². The van der Waals surface area contributed by atoms with Crippen LogP contribution >= 0.6 is 0 Å². The van der Waals surface area contributed by atoms with E-state index in [0.29, 0.717) is 11.5 Å². The Bertz CT molecular complexity index is 378. The predicted molar refractivity (Wildman–Crippen MR) is 58.5 cm³/mol. The topological polar surface area (TPSA) is 81.8 Å². The van der Waals surface area contributed by atoms with Crippen LogP contribution in [0.1, 0.15) is 5.56 Å². The molecule has 1 aromatic carbocycles. The van der Waals surface area contributed by atoms with Crippen LogP contribution < -0.4 is 15.2 Å². The molecule has 88 valence electrons. The van der Waals surface area contributed by atoms with E-state index in [-0.39, 0.29) is 6.42 Å². The van der Waals surface area contributed by atoms with Gasteiger partial charge in [0.1, 0.15) is 6.10 Å². The third-order valence-corrected chi connectivity index (χ3v) is 2.21. The molecule has 16 heavy (non-hydrogen) atoms. The summed E-state index contributed by atoms with van der Waals surface area (Å²) in [5.41, 5.74) is 5.72. The fraction of sp³-hybridized carbons (Fsp3) is 0.364. The summed E-state index contributed by atoms with van der Waals surface area (Å²) < 4.78 is 10.2. The number of ether oxygens (including phenoxy) is 2. The van der Waals surface area contributed by atoms with Crippen molar-refractivity contribution < 1.29 is 19.4 Å². The number of carbonyl (C=O) groups is 1. The molecule has 0 heterocycles. The number of primary amides is 1. The van der Waals surface area contributed by atoms with Gasteiger partial charge < -0.3 is 20.3 Å². The molecule has 1 atom stereocenters. The lowest BCUT2D eigenvalue weighted by atomic mass is 10.1. The van der Waals surface area contributed by atoms with Crippen molar-refractivity contribution in [2.75, 3.05) is 14.2 Å². The van der Waals surface area contributed by atoms with Crippen molar-refractivity contribution in [3.8, 4) is 11.5 Å². The first-order chi connectivity index (χ1) is 7.58. The quantitative estimate of drug-likeness (QED) is 0.744. The Morgan fingerprint density at radius 2 is 2.00 bits per heavy atom. The summed E-state index contributed by atoms with van der Waals surface area (Å²) in [6.45, 7) is 0. The van der Waals surface area contributed by atoms with Crippen molar-refractivity contribution in [2.24, 2.45) is 5.73 Å². The van der Waals surface area contributed by atoms with E-state index in [1.54, 1.807) is 18.2 Å². The van der Waals surface area contributed by atoms with Crippen LogP contribution in [0.15, 0.2) is 18.2 Å². The van der Waals surface area contributed by atoms with Gasteiger partial charge in [0, 0.05) is 6.42 Å². The molecule has 0 aromatic heterocycles. The monoisotopic (exact) mass is 225 g/mol. The van der Waals surface area contributed by atoms with E-state index < -0.39 is 12.0 Å². The maximum Gasteiger partial charge on any atom is 0.246 e. The van der Waals surface area contributed by atoms with Crippen LogP contribution in [0, 0.1) is 0 Å². The number of carbonyl (C=O) groups excluding carboxylic acids is 1. The van der Waals surface area contributed by atoms with Gasteiger partial charge in [-0.05, 0) is 17.7 Å². The van der Waals surface area contributed by atoms with Gasteiger partial charge in [0.2, 0.25) is 5.91 Å². The molecule has 1 aromatic rings. The lowest BCUT2D eigenvalue weighted by Crippen LogP contribution is -2.30. The fourth-order valence-electron chi connectivity index (χ4n) is 1.33. The largest absolute Gasteiger partial charge is 0.493 e. The molecule has 0 radical (unpaired) electrons. The Labute approximate surface area is 93.8 Å². The molecule has 0 aliphatic heterocycles. The Morgan fingerprint density at radius 1 is 1.38 bits per heavy atom. The van der Waals surface area contributed by atoms with Crippen LogP contribution in [0.2, 0.25) is 0 Å². The van der Waals surface area contributed by atoms with Gasteiger partial charge in [0.15, 0.2) is 11.5 Å². The lowest BCUT2D eigenvalue weighted by molar-refractivity contribution is -0.125. The summed E-state index contributed by atoms with van der Waals surface area (Å²) >= 11 is 0. The molecule has 0 aliphatic carbocycles. The first-order valence-corrected chi connectivity index (χ1v) is 4.76. The van der Waals surface area contributed by atoms with E-state index in [4.69, 9.17) is 15.2 Å². The van der Waals surface area contributed by atoms with Crippen LogP contribution in [-0.2, 0) is 11.2 Å². The molecule has 5 heteroatoms. The zero-order chi connectivity index (χ0) is 12.1. The van der Waals surface area contributed by atoms with E-state index in [2.05, 4.69) is 0 Å². The van der Waals surface area contributed by atoms with Gasteiger partial charge in [-0.1, -0.05) is 6.07 Å². The highest BCUT2D eigenvalue weighted by molar-refractivity contribution is 5.78. The summed E-state index contributed by atoms with van der Waals surface area (Å²) in [6.07, 6.45) is -1.02. The minimum absolute atomic E-state index is 0.162. The van der Waals surface area contributed by atoms with E-state index >= 15 is 0 Å². The molecule has 0 fully saturated rings. The molecule has 0 bridgehead atoms. The molecule has 1 amide bonds. The molecule has 1 unspecified atom stereocenters. The second-order valence-corrected chi connectivity index (χ2v) is 3.31. The number of aliphatic hydroxyl groups excluding tert-OH is 1. The third-order valence-electron chi connectivity index (χ3n) is 2.21. The molecular weight excluding hydrogens is 210 g/mol. The van der Waals surface area contributed by atoms with Crippen molar-refractivity contribution in [1.82, 2.24) is 0 Å². The zero-order valence-electron chi connectivity index (χ0n) is 9.27. The molecular formula is C11H15NO4. The lowest BCUT2D eigenvalue weighted by Gasteiger charge is -2.11. The van der Waals surface area contributed by atoms with Crippen LogP contribution in [0.5, 0.6) is 11.5 Å². The number of nitrogens with two attached hydrogens (primary N) is 1. The second-order valence-electron chi connectivity index (χ2n) is 3.31. The van der Waals surface area contributed by atoms with Gasteiger partial charge >= 0.3 is 0 Å². The Hall–Kier alpha value is -1.75. The van der Waals surface area contributed by atoms with Crippen molar-refractivity contribution in [3.63, 3.8) is 0 Å². The predicted octanol–water partition coefficient (Wildman–Crippen LogP) is 0.0925. The molecule has 0 aliphatic rings. The molecule has 1 rings (SSSR count). The molecule has 0 saturated carbocycles. The highest BCUT2D eigenvalue weighted by Gasteiger charge is 2.13. The number of methoxy groups -OCH3 is 2. The molecule has 3 N–H and O–H groups in total. The third kappa shape index (κ3) is 2.87. The summed E-state index contributed by atoms with van der Waals surface area (Å²) in [5, 5.41) is 9.32. The average Bonchev–Trinajstić information content (AvgIpc) is 2.28. The SMILES string of the molecule is COc1ccc(CC(O)C(N)=O)cc1OC. The summed E-state index contributed by atoms with van der Waals surface area (Å²) in [5.74, 6) is 0.409. The number of rotatable bonds is 5. The van der Waals surface area contributed by atoms with Gasteiger partial charge in [0.25, 0.3) is 0 Å². The van der Waals surface area contributed by atoms with Crippen molar-refractivity contribution in [2.45, 2.75) is 12.5 Å². The number of hydrogen-bond acceptors (Lipinski definition) is 4. The Balaban J connectivity index is 2.86. The minimum atomic E-state index is -1.18. The molecule has 0 saturated heterocycles. The Morgan fingerprint density at radius 3 is 2.50 bits per heavy atom. The van der Waals surface area contributed by atoms with Crippen molar-refractivity contribution in [3.05, 3.63) is 23.8 Å². The highest BCUT2D eigenvalue weighted by atomic mass is 16.5. The average molecular weight is 225 g/mol. The summed E-state index contributed by atoms with van der Waals surface area (Å²) in [6, 6.07) is 5.15. The number of amides is 1. The normalized spacial score (nSPS) is 11.9. The van der Waals surface area contributed by atoms with E-state index in [1.807, 2.05) is 0 Å². The number of hydrogen-bond donors (Lipinski definition) is 2. The van der Waals surface area contributed by atoms with Gasteiger partial charge in [0.05, 0.1) is 14.2 Å². The number of aliphatic hydroxyl groups is 1. The maximum atomic E-state index is 10.7. The van der Waals surface area contributed by atoms with Crippen LogP contribution in [0.4, 0.5) is 0 Å². The Kier molecular flexibility index (Phi) is 4.13. The number of benzene rings is 1. The van der Waals surface area contributed by atoms with Crippen LogP contribution in [0.25, 0.3) is 0 Å². The smallest absolute Gasteiger partial charge is 0.246 e. The fourth-order valence-corrected chi connectivity index (χ4v) is 1.33. The van der Waals surface area contributed by atoms with Gasteiger partial charge in [-0.3, -0.25) is 4.79 Å². The zero-order valence-corrected chi connectivity index (χ0v) is 9.27. The minimum Gasteiger partial charge on any atom is -0.493 e. The highest BCUT2D eigenvalue weighted by Crippen LogP contribution is 2.27. The molecule has 0 spiro atoms.